The normalized spacial score (nSPS) is 23.4. The Morgan fingerprint density at radius 1 is 1.14 bits per heavy atom. The molecule has 0 radical (unpaired) electrons. The zero-order valence-corrected chi connectivity index (χ0v) is 19.5. The zero-order chi connectivity index (χ0) is 23.9. The van der Waals surface area contributed by atoms with Crippen molar-refractivity contribution in [3.05, 3.63) is 67.2 Å². The fraction of sp³-hybridized carbons (Fsp3) is 0.333. The minimum Gasteiger partial charge on any atom is -0.458 e. The van der Waals surface area contributed by atoms with Crippen LogP contribution < -0.4 is 10.5 Å². The molecule has 4 heterocycles. The number of nitrogen functional groups attached to an aromatic ring is 1. The second-order valence-corrected chi connectivity index (χ2v) is 9.47. The number of hydrogen-bond donors (Lipinski definition) is 1. The molecule has 1 saturated carbocycles. The molecule has 8 nitrogen and oxygen atoms in total. The first-order valence-corrected chi connectivity index (χ1v) is 12.2. The number of benzene rings is 1. The summed E-state index contributed by atoms with van der Waals surface area (Å²) in [6.07, 6.45) is 14.2. The van der Waals surface area contributed by atoms with Gasteiger partial charge in [0.25, 0.3) is 0 Å². The highest BCUT2D eigenvalue weighted by atomic mass is 16.5. The summed E-state index contributed by atoms with van der Waals surface area (Å²) < 4.78 is 7.97. The van der Waals surface area contributed by atoms with Gasteiger partial charge in [-0.15, -0.1) is 0 Å². The Morgan fingerprint density at radius 2 is 2.00 bits per heavy atom. The number of hydrogen-bond acceptors (Lipinski definition) is 6. The number of amides is 1. The number of rotatable bonds is 5. The van der Waals surface area contributed by atoms with E-state index in [4.69, 9.17) is 15.6 Å². The van der Waals surface area contributed by atoms with Gasteiger partial charge in [-0.1, -0.05) is 12.7 Å². The van der Waals surface area contributed by atoms with Crippen LogP contribution in [-0.4, -0.2) is 43.1 Å². The first kappa shape index (κ1) is 21.6. The van der Waals surface area contributed by atoms with Crippen molar-refractivity contribution in [3.63, 3.8) is 0 Å². The fourth-order valence-corrected chi connectivity index (χ4v) is 5.70. The average Bonchev–Trinajstić information content (AvgIpc) is 3.30. The number of piperidine rings is 2. The Kier molecular flexibility index (Phi) is 5.36. The smallest absolute Gasteiger partial charge is 0.246 e. The molecule has 2 aliphatic carbocycles. The number of nitrogens with two attached hydrogens (primary N) is 1. The SMILES string of the molecule is C=CC(=O)N1CC2CCC1C(n1nc(-c3ccc(OC4=CCCC=C4)cc3)c3c(N)ncnc31)C2. The van der Waals surface area contributed by atoms with Crippen LogP contribution in [0.25, 0.3) is 22.3 Å². The first-order valence-electron chi connectivity index (χ1n) is 12.2. The van der Waals surface area contributed by atoms with Gasteiger partial charge in [-0.2, -0.15) is 5.10 Å². The van der Waals surface area contributed by atoms with E-state index in [1.165, 1.54) is 12.4 Å². The molecule has 3 unspecified atom stereocenters. The molecule has 0 spiro atoms. The summed E-state index contributed by atoms with van der Waals surface area (Å²) in [5, 5.41) is 5.77. The van der Waals surface area contributed by atoms with E-state index in [1.807, 2.05) is 39.9 Å². The van der Waals surface area contributed by atoms with Gasteiger partial charge in [-0.3, -0.25) is 4.79 Å². The van der Waals surface area contributed by atoms with Crippen LogP contribution in [-0.2, 0) is 4.79 Å². The van der Waals surface area contributed by atoms with Crippen molar-refractivity contribution in [2.75, 3.05) is 12.3 Å². The fourth-order valence-electron chi connectivity index (χ4n) is 5.70. The Hall–Kier alpha value is -3.94. The molecule has 2 N–H and O–H groups in total. The highest BCUT2D eigenvalue weighted by Gasteiger charge is 2.44. The molecule has 3 aromatic rings. The van der Waals surface area contributed by atoms with E-state index in [-0.39, 0.29) is 18.0 Å². The van der Waals surface area contributed by atoms with Gasteiger partial charge in [0, 0.05) is 12.1 Å². The number of allylic oxidation sites excluding steroid dienone is 3. The van der Waals surface area contributed by atoms with Crippen LogP contribution >= 0.6 is 0 Å². The van der Waals surface area contributed by atoms with Crippen molar-refractivity contribution in [3.8, 4) is 17.0 Å². The minimum atomic E-state index is -0.0197. The van der Waals surface area contributed by atoms with Gasteiger partial charge >= 0.3 is 0 Å². The molecule has 2 bridgehead atoms. The van der Waals surface area contributed by atoms with Gasteiger partial charge in [-0.25, -0.2) is 14.6 Å². The lowest BCUT2D eigenvalue weighted by atomic mass is 9.76. The summed E-state index contributed by atoms with van der Waals surface area (Å²) in [6.45, 7) is 4.48. The predicted molar refractivity (Wildman–Crippen MR) is 134 cm³/mol. The summed E-state index contributed by atoms with van der Waals surface area (Å²) in [5.74, 6) is 2.45. The predicted octanol–water partition coefficient (Wildman–Crippen LogP) is 4.43. The van der Waals surface area contributed by atoms with Gasteiger partial charge in [0.2, 0.25) is 5.91 Å². The van der Waals surface area contributed by atoms with E-state index in [9.17, 15) is 4.79 Å². The lowest BCUT2D eigenvalue weighted by Crippen LogP contribution is -2.55. The van der Waals surface area contributed by atoms with Crippen LogP contribution in [0.3, 0.4) is 0 Å². The van der Waals surface area contributed by atoms with Crippen LogP contribution in [0.15, 0.2) is 67.2 Å². The van der Waals surface area contributed by atoms with Crippen molar-refractivity contribution >= 4 is 22.8 Å². The standard InChI is InChI=1S/C27H28N6O2/c1-2-23(34)32-15-17-8-13-21(32)22(14-17)33-27-24(26(28)29-16-30-27)25(31-33)18-9-11-20(12-10-18)35-19-6-4-3-5-7-19/h2,4,6-7,9-12,16-17,21-22H,1,3,5,8,13-15H2,(H2,28,29,30). The van der Waals surface area contributed by atoms with Crippen LogP contribution in [0.5, 0.6) is 5.75 Å². The topological polar surface area (TPSA) is 99.2 Å². The molecule has 2 aromatic heterocycles. The third-order valence-electron chi connectivity index (χ3n) is 7.36. The molecule has 2 saturated heterocycles. The lowest BCUT2D eigenvalue weighted by molar-refractivity contribution is -0.135. The van der Waals surface area contributed by atoms with Gasteiger partial charge < -0.3 is 15.4 Å². The number of fused-ring (bicyclic) bond motifs is 4. The van der Waals surface area contributed by atoms with Crippen molar-refractivity contribution in [1.29, 1.82) is 0 Å². The number of anilines is 1. The molecule has 1 amide bonds. The minimum absolute atomic E-state index is 0.0197. The summed E-state index contributed by atoms with van der Waals surface area (Å²) in [5.41, 5.74) is 8.70. The molecule has 4 aliphatic rings. The van der Waals surface area contributed by atoms with E-state index in [0.29, 0.717) is 17.4 Å². The molecule has 35 heavy (non-hydrogen) atoms. The van der Waals surface area contributed by atoms with E-state index < -0.39 is 0 Å². The molecular weight excluding hydrogens is 440 g/mol. The summed E-state index contributed by atoms with van der Waals surface area (Å²) in [7, 11) is 0. The Balaban J connectivity index is 1.38. The third kappa shape index (κ3) is 3.79. The van der Waals surface area contributed by atoms with Gasteiger partial charge in [0.1, 0.15) is 29.3 Å². The Morgan fingerprint density at radius 3 is 2.74 bits per heavy atom. The van der Waals surface area contributed by atoms with E-state index >= 15 is 0 Å². The van der Waals surface area contributed by atoms with E-state index in [0.717, 1.165) is 66.8 Å². The maximum absolute atomic E-state index is 12.6. The molecule has 8 heteroatoms. The number of nitrogens with zero attached hydrogens (tertiary/aromatic N) is 5. The molecule has 1 aromatic carbocycles. The average molecular weight is 469 g/mol. The second kappa shape index (κ2) is 8.69. The number of carbonyl (C=O) groups excluding carboxylic acids is 1. The molecule has 7 rings (SSSR count). The van der Waals surface area contributed by atoms with Crippen LogP contribution in [0.1, 0.15) is 38.1 Å². The highest BCUT2D eigenvalue weighted by Crippen LogP contribution is 2.44. The van der Waals surface area contributed by atoms with Crippen molar-refractivity contribution in [2.24, 2.45) is 5.92 Å². The second-order valence-electron chi connectivity index (χ2n) is 9.47. The molecular formula is C27H28N6O2. The van der Waals surface area contributed by atoms with Gasteiger partial charge in [0.15, 0.2) is 5.65 Å². The van der Waals surface area contributed by atoms with Crippen LogP contribution in [0.4, 0.5) is 5.82 Å². The monoisotopic (exact) mass is 468 g/mol. The van der Waals surface area contributed by atoms with Crippen LogP contribution in [0.2, 0.25) is 0 Å². The maximum Gasteiger partial charge on any atom is 0.246 e. The summed E-state index contributed by atoms with van der Waals surface area (Å²) >= 11 is 0. The van der Waals surface area contributed by atoms with Gasteiger partial charge in [0.05, 0.1) is 17.5 Å². The molecule has 3 atom stereocenters. The van der Waals surface area contributed by atoms with Crippen molar-refractivity contribution < 1.29 is 9.53 Å². The largest absolute Gasteiger partial charge is 0.458 e. The number of ether oxygens (including phenoxy) is 1. The molecule has 3 fully saturated rings. The quantitative estimate of drug-likeness (QED) is 0.556. The Bertz CT molecular complexity index is 1360. The van der Waals surface area contributed by atoms with E-state index in [1.54, 1.807) is 0 Å². The van der Waals surface area contributed by atoms with Crippen molar-refractivity contribution in [2.45, 2.75) is 44.2 Å². The number of aromatic nitrogens is 4. The van der Waals surface area contributed by atoms with Gasteiger partial charge in [-0.05, 0) is 80.5 Å². The summed E-state index contributed by atoms with van der Waals surface area (Å²) in [4.78, 5) is 23.3. The molecule has 2 aliphatic heterocycles. The third-order valence-corrected chi connectivity index (χ3v) is 7.36. The number of carbonyl (C=O) groups is 1. The Labute approximate surface area is 203 Å². The molecule has 178 valence electrons. The van der Waals surface area contributed by atoms with E-state index in [2.05, 4.69) is 28.7 Å². The first-order chi connectivity index (χ1) is 17.1. The lowest BCUT2D eigenvalue weighted by Gasteiger charge is -2.49. The highest BCUT2D eigenvalue weighted by molar-refractivity contribution is 5.98. The van der Waals surface area contributed by atoms with Crippen LogP contribution in [0, 0.1) is 5.92 Å². The maximum atomic E-state index is 12.6. The zero-order valence-electron chi connectivity index (χ0n) is 19.5. The van der Waals surface area contributed by atoms with Crippen molar-refractivity contribution in [1.82, 2.24) is 24.6 Å². The summed E-state index contributed by atoms with van der Waals surface area (Å²) in [6, 6.07) is 7.95.